The van der Waals surface area contributed by atoms with Crippen molar-refractivity contribution in [1.82, 2.24) is 0 Å². The van der Waals surface area contributed by atoms with Gasteiger partial charge in [-0.3, -0.25) is 0 Å². The number of unbranched alkanes of at least 4 members (excludes halogenated alkanes) is 20. The van der Waals surface area contributed by atoms with E-state index in [1.165, 1.54) is 103 Å². The molecule has 0 atom stereocenters. The second kappa shape index (κ2) is 27.4. The minimum atomic E-state index is -1.84. The molecule has 0 aliphatic heterocycles. The molecule has 0 aliphatic rings. The Bertz CT molecular complexity index is 281. The first-order chi connectivity index (χ1) is 16.2. The summed E-state index contributed by atoms with van der Waals surface area (Å²) in [5.74, 6) is 0. The molecule has 0 aromatic carbocycles. The summed E-state index contributed by atoms with van der Waals surface area (Å²) < 4.78 is 6.96. The Hall–Kier alpha value is 0.818. The van der Waals surface area contributed by atoms with Crippen molar-refractivity contribution < 1.29 is 0 Å². The van der Waals surface area contributed by atoms with Crippen LogP contribution in [0.5, 0.6) is 0 Å². The molecule has 0 amide bonds. The van der Waals surface area contributed by atoms with Crippen LogP contribution in [0.1, 0.15) is 182 Å². The van der Waals surface area contributed by atoms with Crippen LogP contribution in [0.4, 0.5) is 0 Å². The molecule has 0 saturated heterocycles. The topological polar surface area (TPSA) is 0 Å². The normalized spacial score (nSPS) is 12.0. The van der Waals surface area contributed by atoms with E-state index in [9.17, 15) is 0 Å². The van der Waals surface area contributed by atoms with E-state index in [0.29, 0.717) is 0 Å². The molecule has 200 valence electrons. The summed E-state index contributed by atoms with van der Waals surface area (Å²) in [4.78, 5) is 0. The van der Waals surface area contributed by atoms with Gasteiger partial charge in [0.05, 0.1) is 0 Å². The van der Waals surface area contributed by atoms with Crippen LogP contribution in [0.3, 0.4) is 0 Å². The second-order valence-corrected chi connectivity index (χ2v) is 24.1. The predicted molar refractivity (Wildman–Crippen MR) is 158 cm³/mol. The van der Waals surface area contributed by atoms with Crippen molar-refractivity contribution in [2.24, 2.45) is 0 Å². The SMILES string of the molecule is CCCCCCC[CH2][Sb+]([CH2]CCCCCCC)([CH2]CCCCCCC)[CH2]CCCCCCC. The summed E-state index contributed by atoms with van der Waals surface area (Å²) >= 11 is -1.84. The molecular weight excluding hydrogens is 506 g/mol. The van der Waals surface area contributed by atoms with Crippen molar-refractivity contribution in [2.45, 2.75) is 199 Å². The molecule has 0 radical (unpaired) electrons. The van der Waals surface area contributed by atoms with Crippen LogP contribution in [0, 0.1) is 0 Å². The standard InChI is InChI=1S/4C8H17.Sb/c4*1-3-5-7-8-6-4-2;/h4*1,3-8H2,2H3;/q;;;;+1. The summed E-state index contributed by atoms with van der Waals surface area (Å²) in [5.41, 5.74) is 0. The molecule has 0 saturated carbocycles. The Labute approximate surface area is 217 Å². The summed E-state index contributed by atoms with van der Waals surface area (Å²) in [6.07, 6.45) is 35.9. The molecule has 0 bridgehead atoms. The quantitative estimate of drug-likeness (QED) is 0.0644. The fraction of sp³-hybridized carbons (Fsp3) is 1.00. The summed E-state index contributed by atoms with van der Waals surface area (Å²) in [7, 11) is 0. The Morgan fingerprint density at radius 3 is 0.636 bits per heavy atom. The number of rotatable bonds is 28. The van der Waals surface area contributed by atoms with Gasteiger partial charge in [0, 0.05) is 0 Å². The van der Waals surface area contributed by atoms with Crippen LogP contribution in [0.15, 0.2) is 0 Å². The summed E-state index contributed by atoms with van der Waals surface area (Å²) in [6, 6.07) is 0. The Morgan fingerprint density at radius 2 is 0.424 bits per heavy atom. The molecule has 0 aromatic heterocycles. The molecular formula is C32H68Sb+. The molecule has 0 spiro atoms. The van der Waals surface area contributed by atoms with E-state index in [2.05, 4.69) is 27.7 Å². The van der Waals surface area contributed by atoms with E-state index in [1.807, 2.05) is 0 Å². The van der Waals surface area contributed by atoms with Crippen LogP contribution >= 0.6 is 0 Å². The van der Waals surface area contributed by atoms with Crippen LogP contribution in [-0.4, -0.2) is 18.8 Å². The van der Waals surface area contributed by atoms with E-state index < -0.39 is 18.8 Å². The van der Waals surface area contributed by atoms with Gasteiger partial charge in [0.1, 0.15) is 0 Å². The fourth-order valence-corrected chi connectivity index (χ4v) is 19.6. The maximum atomic E-state index is 2.35. The molecule has 0 N–H and O–H groups in total. The molecule has 0 aliphatic carbocycles. The second-order valence-electron chi connectivity index (χ2n) is 11.3. The van der Waals surface area contributed by atoms with Crippen LogP contribution in [0.2, 0.25) is 17.5 Å². The van der Waals surface area contributed by atoms with Crippen molar-refractivity contribution in [3.8, 4) is 0 Å². The third-order valence-corrected chi connectivity index (χ3v) is 22.4. The first-order valence-corrected chi connectivity index (χ1v) is 23.3. The van der Waals surface area contributed by atoms with Gasteiger partial charge >= 0.3 is 218 Å². The zero-order valence-electron chi connectivity index (χ0n) is 24.2. The van der Waals surface area contributed by atoms with Crippen molar-refractivity contribution in [3.05, 3.63) is 0 Å². The van der Waals surface area contributed by atoms with Gasteiger partial charge in [-0.05, 0) is 0 Å². The monoisotopic (exact) mass is 573 g/mol. The molecule has 0 unspecified atom stereocenters. The molecule has 0 fully saturated rings. The van der Waals surface area contributed by atoms with Crippen molar-refractivity contribution >= 4 is 18.8 Å². The predicted octanol–water partition coefficient (Wildman–Crippen LogP) is 12.9. The van der Waals surface area contributed by atoms with Crippen molar-refractivity contribution in [1.29, 1.82) is 0 Å². The van der Waals surface area contributed by atoms with Crippen LogP contribution in [0.25, 0.3) is 0 Å². The van der Waals surface area contributed by atoms with Gasteiger partial charge in [0.25, 0.3) is 0 Å². The van der Waals surface area contributed by atoms with Gasteiger partial charge in [-0.15, -0.1) is 0 Å². The average molecular weight is 575 g/mol. The maximum absolute atomic E-state index is 2.35. The van der Waals surface area contributed by atoms with Crippen molar-refractivity contribution in [3.63, 3.8) is 0 Å². The molecule has 0 heterocycles. The van der Waals surface area contributed by atoms with E-state index in [-0.39, 0.29) is 0 Å². The van der Waals surface area contributed by atoms with E-state index in [1.54, 1.807) is 68.8 Å². The fourth-order valence-electron chi connectivity index (χ4n) is 5.58. The minimum absolute atomic E-state index is 1.39. The molecule has 0 nitrogen and oxygen atoms in total. The molecule has 0 rings (SSSR count). The third kappa shape index (κ3) is 23.0. The van der Waals surface area contributed by atoms with Gasteiger partial charge in [-0.2, -0.15) is 0 Å². The number of hydrogen-bond donors (Lipinski definition) is 0. The number of hydrogen-bond acceptors (Lipinski definition) is 0. The molecule has 1 heteroatoms. The van der Waals surface area contributed by atoms with E-state index in [0.717, 1.165) is 0 Å². The molecule has 33 heavy (non-hydrogen) atoms. The van der Waals surface area contributed by atoms with Gasteiger partial charge in [0.2, 0.25) is 0 Å². The van der Waals surface area contributed by atoms with E-state index >= 15 is 0 Å². The Kier molecular flexibility index (Phi) is 28.1. The van der Waals surface area contributed by atoms with Crippen LogP contribution < -0.4 is 0 Å². The first-order valence-electron chi connectivity index (χ1n) is 16.1. The van der Waals surface area contributed by atoms with Gasteiger partial charge in [-0.1, -0.05) is 0 Å². The van der Waals surface area contributed by atoms with Gasteiger partial charge < -0.3 is 0 Å². The van der Waals surface area contributed by atoms with E-state index in [4.69, 9.17) is 0 Å². The molecule has 0 aromatic rings. The zero-order chi connectivity index (χ0) is 24.3. The summed E-state index contributed by atoms with van der Waals surface area (Å²) in [5, 5.41) is 0. The average Bonchev–Trinajstić information content (AvgIpc) is 2.83. The first kappa shape index (κ1) is 33.8. The zero-order valence-corrected chi connectivity index (χ0v) is 26.8. The van der Waals surface area contributed by atoms with Gasteiger partial charge in [-0.25, -0.2) is 0 Å². The van der Waals surface area contributed by atoms with Crippen molar-refractivity contribution in [2.75, 3.05) is 0 Å². The Morgan fingerprint density at radius 1 is 0.242 bits per heavy atom. The summed E-state index contributed by atoms with van der Waals surface area (Å²) in [6.45, 7) is 9.40. The third-order valence-electron chi connectivity index (χ3n) is 7.94. The Balaban J connectivity index is 4.74. The van der Waals surface area contributed by atoms with Crippen LogP contribution in [-0.2, 0) is 0 Å². The van der Waals surface area contributed by atoms with Gasteiger partial charge in [0.15, 0.2) is 0 Å².